The molecule has 0 aromatic heterocycles. The molecule has 134 valence electrons. The SMILES string of the molecule is N#CCCN(C(=O)COC(=O)CSc1ccccc1Cl)c1ccccc1. The molecule has 0 aliphatic carbocycles. The second-order valence-corrected chi connectivity index (χ2v) is 6.59. The van der Waals surface area contributed by atoms with E-state index in [1.807, 2.05) is 30.3 Å². The van der Waals surface area contributed by atoms with E-state index in [1.54, 1.807) is 30.3 Å². The van der Waals surface area contributed by atoms with Crippen LogP contribution < -0.4 is 4.90 Å². The number of hydrogen-bond donors (Lipinski definition) is 0. The maximum Gasteiger partial charge on any atom is 0.316 e. The Kier molecular flexibility index (Phi) is 8.00. The molecule has 0 fully saturated rings. The Morgan fingerprint density at radius 3 is 2.50 bits per heavy atom. The predicted octanol–water partition coefficient (Wildman–Crippen LogP) is 3.92. The van der Waals surface area contributed by atoms with E-state index < -0.39 is 5.97 Å². The summed E-state index contributed by atoms with van der Waals surface area (Å²) in [4.78, 5) is 26.5. The molecule has 0 bridgehead atoms. The molecular weight excluding hydrogens is 372 g/mol. The number of carbonyl (C=O) groups excluding carboxylic acids is 2. The third-order valence-electron chi connectivity index (χ3n) is 3.35. The molecule has 26 heavy (non-hydrogen) atoms. The van der Waals surface area contributed by atoms with Gasteiger partial charge in [-0.15, -0.1) is 11.8 Å². The molecule has 0 N–H and O–H groups in total. The normalized spacial score (nSPS) is 10.0. The third-order valence-corrected chi connectivity index (χ3v) is 4.84. The molecule has 0 unspecified atom stereocenters. The minimum atomic E-state index is -0.503. The molecule has 2 rings (SSSR count). The van der Waals surface area contributed by atoms with Gasteiger partial charge in [0.1, 0.15) is 0 Å². The van der Waals surface area contributed by atoms with Crippen LogP contribution in [0.2, 0.25) is 5.02 Å². The van der Waals surface area contributed by atoms with Gasteiger partial charge in [0, 0.05) is 17.1 Å². The minimum Gasteiger partial charge on any atom is -0.455 e. The predicted molar refractivity (Wildman–Crippen MR) is 102 cm³/mol. The Morgan fingerprint density at radius 2 is 1.81 bits per heavy atom. The van der Waals surface area contributed by atoms with Gasteiger partial charge in [0.2, 0.25) is 0 Å². The van der Waals surface area contributed by atoms with E-state index in [1.165, 1.54) is 16.7 Å². The summed E-state index contributed by atoms with van der Waals surface area (Å²) in [7, 11) is 0. The second kappa shape index (κ2) is 10.5. The van der Waals surface area contributed by atoms with Gasteiger partial charge in [-0.05, 0) is 24.3 Å². The fourth-order valence-electron chi connectivity index (χ4n) is 2.13. The van der Waals surface area contributed by atoms with Crippen molar-refractivity contribution in [1.82, 2.24) is 0 Å². The number of esters is 1. The highest BCUT2D eigenvalue weighted by Crippen LogP contribution is 2.26. The summed E-state index contributed by atoms with van der Waals surface area (Å²) in [5, 5.41) is 9.34. The summed E-state index contributed by atoms with van der Waals surface area (Å²) >= 11 is 7.28. The molecular formula is C19H17ClN2O3S. The smallest absolute Gasteiger partial charge is 0.316 e. The second-order valence-electron chi connectivity index (χ2n) is 5.17. The van der Waals surface area contributed by atoms with E-state index in [9.17, 15) is 9.59 Å². The van der Waals surface area contributed by atoms with E-state index in [4.69, 9.17) is 21.6 Å². The van der Waals surface area contributed by atoms with Crippen LogP contribution >= 0.6 is 23.4 Å². The monoisotopic (exact) mass is 388 g/mol. The summed E-state index contributed by atoms with van der Waals surface area (Å²) in [6, 6.07) is 18.2. The lowest BCUT2D eigenvalue weighted by Gasteiger charge is -2.21. The summed E-state index contributed by atoms with van der Waals surface area (Å²) < 4.78 is 5.07. The Labute approximate surface area is 161 Å². The highest BCUT2D eigenvalue weighted by atomic mass is 35.5. The number of hydrogen-bond acceptors (Lipinski definition) is 5. The molecule has 5 nitrogen and oxygen atoms in total. The van der Waals surface area contributed by atoms with Crippen LogP contribution in [0, 0.1) is 11.3 Å². The van der Waals surface area contributed by atoms with Crippen molar-refractivity contribution in [2.24, 2.45) is 0 Å². The van der Waals surface area contributed by atoms with Crippen LogP contribution in [0.15, 0.2) is 59.5 Å². The van der Waals surface area contributed by atoms with Crippen molar-refractivity contribution in [2.45, 2.75) is 11.3 Å². The van der Waals surface area contributed by atoms with Gasteiger partial charge in [-0.2, -0.15) is 5.26 Å². The van der Waals surface area contributed by atoms with E-state index >= 15 is 0 Å². The third kappa shape index (κ3) is 6.10. The first-order valence-electron chi connectivity index (χ1n) is 7.87. The number of carbonyl (C=O) groups is 2. The highest BCUT2D eigenvalue weighted by Gasteiger charge is 2.17. The number of anilines is 1. The van der Waals surface area contributed by atoms with Gasteiger partial charge in [0.05, 0.1) is 23.3 Å². The quantitative estimate of drug-likeness (QED) is 0.506. The van der Waals surface area contributed by atoms with Gasteiger partial charge >= 0.3 is 5.97 Å². The Bertz CT molecular complexity index is 793. The van der Waals surface area contributed by atoms with Crippen LogP contribution in [0.5, 0.6) is 0 Å². The lowest BCUT2D eigenvalue weighted by Crippen LogP contribution is -2.35. The number of nitriles is 1. The standard InChI is InChI=1S/C19H17ClN2O3S/c20-16-9-4-5-10-17(16)26-14-19(24)25-13-18(23)22(12-6-11-21)15-7-2-1-3-8-15/h1-5,7-10H,6,12-14H2. The van der Waals surface area contributed by atoms with Crippen molar-refractivity contribution < 1.29 is 14.3 Å². The van der Waals surface area contributed by atoms with Crippen LogP contribution in [0.4, 0.5) is 5.69 Å². The number of amides is 1. The first-order valence-corrected chi connectivity index (χ1v) is 9.23. The van der Waals surface area contributed by atoms with Crippen LogP contribution in [-0.2, 0) is 14.3 Å². The molecule has 2 aromatic rings. The van der Waals surface area contributed by atoms with Crippen molar-refractivity contribution in [3.05, 3.63) is 59.6 Å². The summed E-state index contributed by atoms with van der Waals surface area (Å²) in [6.45, 7) is -0.131. The van der Waals surface area contributed by atoms with Crippen molar-refractivity contribution >= 4 is 40.9 Å². The fourth-order valence-corrected chi connectivity index (χ4v) is 3.16. The van der Waals surface area contributed by atoms with Gasteiger partial charge in [0.15, 0.2) is 6.61 Å². The Balaban J connectivity index is 1.87. The zero-order chi connectivity index (χ0) is 18.8. The van der Waals surface area contributed by atoms with Crippen molar-refractivity contribution in [3.63, 3.8) is 0 Å². The van der Waals surface area contributed by atoms with Crippen LogP contribution in [0.3, 0.4) is 0 Å². The number of halogens is 1. The van der Waals surface area contributed by atoms with Crippen LogP contribution in [-0.4, -0.2) is 30.8 Å². The molecule has 7 heteroatoms. The lowest BCUT2D eigenvalue weighted by atomic mass is 10.2. The molecule has 0 atom stereocenters. The number of benzene rings is 2. The van der Waals surface area contributed by atoms with Crippen LogP contribution in [0.25, 0.3) is 0 Å². The van der Waals surface area contributed by atoms with Crippen molar-refractivity contribution in [3.8, 4) is 6.07 Å². The van der Waals surface area contributed by atoms with Gasteiger partial charge < -0.3 is 9.64 Å². The summed E-state index contributed by atoms with van der Waals surface area (Å²) in [5.74, 6) is -0.820. The van der Waals surface area contributed by atoms with Gasteiger partial charge in [-0.25, -0.2) is 0 Å². The number of rotatable bonds is 8. The van der Waals surface area contributed by atoms with E-state index in [0.29, 0.717) is 10.7 Å². The molecule has 0 aliphatic rings. The topological polar surface area (TPSA) is 70.4 Å². The molecule has 1 amide bonds. The molecule has 0 saturated heterocycles. The number of para-hydroxylation sites is 1. The van der Waals surface area contributed by atoms with Gasteiger partial charge in [0.25, 0.3) is 5.91 Å². The highest BCUT2D eigenvalue weighted by molar-refractivity contribution is 8.00. The largest absolute Gasteiger partial charge is 0.455 e. The minimum absolute atomic E-state index is 0.0561. The maximum atomic E-state index is 12.4. The number of nitrogens with zero attached hydrogens (tertiary/aromatic N) is 2. The molecule has 0 radical (unpaired) electrons. The Hall–Kier alpha value is -2.49. The molecule has 0 saturated carbocycles. The average molecular weight is 389 g/mol. The molecule has 0 aliphatic heterocycles. The lowest BCUT2D eigenvalue weighted by molar-refractivity contribution is -0.145. The fraction of sp³-hybridized carbons (Fsp3) is 0.211. The molecule has 2 aromatic carbocycles. The molecule has 0 spiro atoms. The first-order chi connectivity index (χ1) is 12.6. The van der Waals surface area contributed by atoms with Crippen molar-refractivity contribution in [2.75, 3.05) is 23.8 Å². The average Bonchev–Trinajstić information content (AvgIpc) is 2.67. The number of thioether (sulfide) groups is 1. The van der Waals surface area contributed by atoms with E-state index in [0.717, 1.165) is 4.90 Å². The Morgan fingerprint density at radius 1 is 1.12 bits per heavy atom. The zero-order valence-corrected chi connectivity index (χ0v) is 15.5. The zero-order valence-electron chi connectivity index (χ0n) is 13.9. The van der Waals surface area contributed by atoms with Crippen LogP contribution in [0.1, 0.15) is 6.42 Å². The maximum absolute atomic E-state index is 12.4. The first kappa shape index (κ1) is 19.8. The van der Waals surface area contributed by atoms with Gasteiger partial charge in [-0.1, -0.05) is 41.9 Å². The number of ether oxygens (including phenoxy) is 1. The summed E-state index contributed by atoms with van der Waals surface area (Å²) in [5.41, 5.74) is 0.661. The molecule has 0 heterocycles. The van der Waals surface area contributed by atoms with E-state index in [-0.39, 0.29) is 31.2 Å². The van der Waals surface area contributed by atoms with Crippen molar-refractivity contribution in [1.29, 1.82) is 5.26 Å². The van der Waals surface area contributed by atoms with Gasteiger partial charge in [-0.3, -0.25) is 9.59 Å². The summed E-state index contributed by atoms with van der Waals surface area (Å²) in [6.07, 6.45) is 0.191. The van der Waals surface area contributed by atoms with E-state index in [2.05, 4.69) is 0 Å².